The molecule has 0 fully saturated rings. The number of nitrogens with zero attached hydrogens (tertiary/aromatic N) is 1. The lowest BCUT2D eigenvalue weighted by Crippen LogP contribution is -2.16. The SMILES string of the molecule is O=C(O)Cc1ccc(CNCCc2cccnc2)cc1. The quantitative estimate of drug-likeness (QED) is 0.756. The minimum Gasteiger partial charge on any atom is -0.481 e. The highest BCUT2D eigenvalue weighted by Gasteiger charge is 2.00. The molecule has 0 saturated heterocycles. The van der Waals surface area contributed by atoms with Crippen molar-refractivity contribution in [1.29, 1.82) is 0 Å². The van der Waals surface area contributed by atoms with Gasteiger partial charge in [0.05, 0.1) is 6.42 Å². The first kappa shape index (κ1) is 14.2. The van der Waals surface area contributed by atoms with Crippen LogP contribution in [0.4, 0.5) is 0 Å². The van der Waals surface area contributed by atoms with E-state index in [1.807, 2.05) is 36.5 Å². The first-order chi connectivity index (χ1) is 9.74. The molecule has 104 valence electrons. The lowest BCUT2D eigenvalue weighted by atomic mass is 10.1. The second-order valence-electron chi connectivity index (χ2n) is 4.68. The molecule has 0 aliphatic rings. The van der Waals surface area contributed by atoms with Crippen molar-refractivity contribution in [3.8, 4) is 0 Å². The Hall–Kier alpha value is -2.20. The highest BCUT2D eigenvalue weighted by Crippen LogP contribution is 2.05. The van der Waals surface area contributed by atoms with Gasteiger partial charge in [0.1, 0.15) is 0 Å². The lowest BCUT2D eigenvalue weighted by molar-refractivity contribution is -0.136. The molecule has 0 saturated carbocycles. The Morgan fingerprint density at radius 1 is 1.10 bits per heavy atom. The van der Waals surface area contributed by atoms with Crippen molar-refractivity contribution < 1.29 is 9.90 Å². The monoisotopic (exact) mass is 270 g/mol. The molecule has 1 aromatic carbocycles. The highest BCUT2D eigenvalue weighted by molar-refractivity contribution is 5.70. The fraction of sp³-hybridized carbons (Fsp3) is 0.250. The van der Waals surface area contributed by atoms with Crippen LogP contribution in [-0.4, -0.2) is 22.6 Å². The summed E-state index contributed by atoms with van der Waals surface area (Å²) in [6.07, 6.45) is 4.68. The summed E-state index contributed by atoms with van der Waals surface area (Å²) in [5.74, 6) is -0.799. The Labute approximate surface area is 118 Å². The molecular weight excluding hydrogens is 252 g/mol. The Morgan fingerprint density at radius 3 is 2.50 bits per heavy atom. The molecule has 0 radical (unpaired) electrons. The van der Waals surface area contributed by atoms with Crippen molar-refractivity contribution in [2.45, 2.75) is 19.4 Å². The van der Waals surface area contributed by atoms with Crippen molar-refractivity contribution in [1.82, 2.24) is 10.3 Å². The van der Waals surface area contributed by atoms with Crippen LogP contribution in [0.15, 0.2) is 48.8 Å². The number of carbonyl (C=O) groups is 1. The van der Waals surface area contributed by atoms with E-state index in [1.165, 1.54) is 5.56 Å². The highest BCUT2D eigenvalue weighted by atomic mass is 16.4. The summed E-state index contributed by atoms with van der Waals surface area (Å²) in [5, 5.41) is 12.1. The maximum Gasteiger partial charge on any atom is 0.307 e. The van der Waals surface area contributed by atoms with E-state index in [0.29, 0.717) is 0 Å². The van der Waals surface area contributed by atoms with E-state index in [1.54, 1.807) is 6.20 Å². The average molecular weight is 270 g/mol. The smallest absolute Gasteiger partial charge is 0.307 e. The third kappa shape index (κ3) is 4.82. The van der Waals surface area contributed by atoms with Crippen LogP contribution in [-0.2, 0) is 24.2 Å². The van der Waals surface area contributed by atoms with Gasteiger partial charge < -0.3 is 10.4 Å². The molecule has 0 aliphatic heterocycles. The molecule has 4 heteroatoms. The van der Waals surface area contributed by atoms with Gasteiger partial charge in [-0.2, -0.15) is 0 Å². The van der Waals surface area contributed by atoms with Crippen LogP contribution in [0.25, 0.3) is 0 Å². The number of aromatic nitrogens is 1. The van der Waals surface area contributed by atoms with Crippen LogP contribution in [0.5, 0.6) is 0 Å². The number of benzene rings is 1. The zero-order chi connectivity index (χ0) is 14.2. The predicted molar refractivity (Wildman–Crippen MR) is 77.4 cm³/mol. The molecule has 0 bridgehead atoms. The zero-order valence-corrected chi connectivity index (χ0v) is 11.2. The van der Waals surface area contributed by atoms with Gasteiger partial charge in [0.25, 0.3) is 0 Å². The minimum absolute atomic E-state index is 0.0781. The van der Waals surface area contributed by atoms with Crippen molar-refractivity contribution in [2.75, 3.05) is 6.54 Å². The fourth-order valence-corrected chi connectivity index (χ4v) is 1.96. The number of carboxylic acid groups (broad SMARTS) is 1. The fourth-order valence-electron chi connectivity index (χ4n) is 1.96. The van der Waals surface area contributed by atoms with E-state index >= 15 is 0 Å². The molecule has 1 aromatic heterocycles. The minimum atomic E-state index is -0.799. The van der Waals surface area contributed by atoms with Crippen LogP contribution < -0.4 is 5.32 Å². The molecule has 20 heavy (non-hydrogen) atoms. The van der Waals surface area contributed by atoms with Gasteiger partial charge >= 0.3 is 5.97 Å². The van der Waals surface area contributed by atoms with Gasteiger partial charge in [0.2, 0.25) is 0 Å². The summed E-state index contributed by atoms with van der Waals surface area (Å²) >= 11 is 0. The van der Waals surface area contributed by atoms with Crippen LogP contribution in [0, 0.1) is 0 Å². The normalized spacial score (nSPS) is 10.4. The number of hydrogen-bond acceptors (Lipinski definition) is 3. The standard InChI is InChI=1S/C16H18N2O2/c19-16(20)10-13-3-5-15(6-4-13)12-18-9-7-14-2-1-8-17-11-14/h1-6,8,11,18H,7,9-10,12H2,(H,19,20). The second-order valence-corrected chi connectivity index (χ2v) is 4.68. The Bertz CT molecular complexity index is 538. The van der Waals surface area contributed by atoms with Gasteiger partial charge in [0, 0.05) is 18.9 Å². The van der Waals surface area contributed by atoms with Gasteiger partial charge in [-0.15, -0.1) is 0 Å². The van der Waals surface area contributed by atoms with Crippen molar-refractivity contribution in [3.63, 3.8) is 0 Å². The maximum absolute atomic E-state index is 10.6. The summed E-state index contributed by atoms with van der Waals surface area (Å²) in [6, 6.07) is 11.7. The van der Waals surface area contributed by atoms with Gasteiger partial charge in [-0.05, 0) is 35.7 Å². The van der Waals surface area contributed by atoms with Gasteiger partial charge in [-0.3, -0.25) is 9.78 Å². The van der Waals surface area contributed by atoms with E-state index in [9.17, 15) is 4.79 Å². The number of carboxylic acids is 1. The number of nitrogens with one attached hydrogen (secondary N) is 1. The van der Waals surface area contributed by atoms with Crippen LogP contribution in [0.1, 0.15) is 16.7 Å². The average Bonchev–Trinajstić information content (AvgIpc) is 2.46. The molecule has 2 rings (SSSR count). The van der Waals surface area contributed by atoms with Crippen LogP contribution >= 0.6 is 0 Å². The molecular formula is C16H18N2O2. The second kappa shape index (κ2) is 7.40. The van der Waals surface area contributed by atoms with Crippen molar-refractivity contribution >= 4 is 5.97 Å². The van der Waals surface area contributed by atoms with Crippen molar-refractivity contribution in [2.24, 2.45) is 0 Å². The summed E-state index contributed by atoms with van der Waals surface area (Å²) in [5.41, 5.74) is 3.21. The molecule has 4 nitrogen and oxygen atoms in total. The van der Waals surface area contributed by atoms with Gasteiger partial charge in [0.15, 0.2) is 0 Å². The zero-order valence-electron chi connectivity index (χ0n) is 11.2. The predicted octanol–water partition coefficient (Wildman–Crippen LogP) is 2.04. The van der Waals surface area contributed by atoms with Crippen LogP contribution in [0.3, 0.4) is 0 Å². The van der Waals surface area contributed by atoms with E-state index in [-0.39, 0.29) is 6.42 Å². The third-order valence-corrected chi connectivity index (χ3v) is 3.02. The topological polar surface area (TPSA) is 62.2 Å². The maximum atomic E-state index is 10.6. The first-order valence-electron chi connectivity index (χ1n) is 6.63. The third-order valence-electron chi connectivity index (χ3n) is 3.02. The molecule has 2 N–H and O–H groups in total. The largest absolute Gasteiger partial charge is 0.481 e. The lowest BCUT2D eigenvalue weighted by Gasteiger charge is -2.06. The Morgan fingerprint density at radius 2 is 1.85 bits per heavy atom. The molecule has 0 aliphatic carbocycles. The summed E-state index contributed by atoms with van der Waals surface area (Å²) in [4.78, 5) is 14.7. The summed E-state index contributed by atoms with van der Waals surface area (Å²) in [6.45, 7) is 1.68. The number of rotatable bonds is 7. The Balaban J connectivity index is 1.73. The van der Waals surface area contributed by atoms with E-state index in [2.05, 4.69) is 16.4 Å². The number of pyridine rings is 1. The van der Waals surface area contributed by atoms with Gasteiger partial charge in [-0.25, -0.2) is 0 Å². The molecule has 1 heterocycles. The van der Waals surface area contributed by atoms with Crippen LogP contribution in [0.2, 0.25) is 0 Å². The molecule has 2 aromatic rings. The molecule has 0 atom stereocenters. The van der Waals surface area contributed by atoms with E-state index in [0.717, 1.165) is 30.6 Å². The first-order valence-corrected chi connectivity index (χ1v) is 6.63. The molecule has 0 spiro atoms. The molecule has 0 unspecified atom stereocenters. The Kier molecular flexibility index (Phi) is 5.26. The summed E-state index contributed by atoms with van der Waals surface area (Å²) < 4.78 is 0. The number of hydrogen-bond donors (Lipinski definition) is 2. The van der Waals surface area contributed by atoms with E-state index < -0.39 is 5.97 Å². The van der Waals surface area contributed by atoms with Gasteiger partial charge in [-0.1, -0.05) is 30.3 Å². The van der Waals surface area contributed by atoms with Crippen molar-refractivity contribution in [3.05, 3.63) is 65.5 Å². The summed E-state index contributed by atoms with van der Waals surface area (Å²) in [7, 11) is 0. The molecule has 0 amide bonds. The van der Waals surface area contributed by atoms with E-state index in [4.69, 9.17) is 5.11 Å². The number of aliphatic carboxylic acids is 1.